The highest BCUT2D eigenvalue weighted by molar-refractivity contribution is 5.58. The normalized spacial score (nSPS) is 17.6. The minimum Gasteiger partial charge on any atom is -0.507 e. The molecule has 0 heterocycles. The van der Waals surface area contributed by atoms with Crippen LogP contribution in [0.2, 0.25) is 0 Å². The summed E-state index contributed by atoms with van der Waals surface area (Å²) >= 11 is 0. The Hall–Kier alpha value is -2.82. The maximum Gasteiger partial charge on any atom is 0.124 e. The Bertz CT molecular complexity index is 1160. The summed E-state index contributed by atoms with van der Waals surface area (Å²) in [6.45, 7) is 1.74. The maximum absolute atomic E-state index is 11.2. The molecule has 4 heteroatoms. The van der Waals surface area contributed by atoms with E-state index >= 15 is 0 Å². The molecule has 0 atom stereocenters. The third kappa shape index (κ3) is 4.97. The molecule has 0 aliphatic heterocycles. The first-order valence-corrected chi connectivity index (χ1v) is 14.5. The van der Waals surface area contributed by atoms with E-state index in [-0.39, 0.29) is 36.5 Å². The van der Waals surface area contributed by atoms with Crippen molar-refractivity contribution in [1.29, 1.82) is 0 Å². The topological polar surface area (TPSA) is 80.9 Å². The molecule has 2 aliphatic rings. The Morgan fingerprint density at radius 3 is 1.42 bits per heavy atom. The van der Waals surface area contributed by atoms with E-state index in [9.17, 15) is 20.4 Å². The minimum atomic E-state index is -0.622. The third-order valence-corrected chi connectivity index (χ3v) is 9.37. The van der Waals surface area contributed by atoms with Gasteiger partial charge in [-0.2, -0.15) is 0 Å². The highest BCUT2D eigenvalue weighted by Gasteiger charge is 2.35. The molecular weight excluding hydrogens is 472 g/mol. The summed E-state index contributed by atoms with van der Waals surface area (Å²) in [6, 6.07) is 18.5. The number of aromatic hydroxyl groups is 2. The number of phenols is 2. The molecule has 0 amide bonds. The van der Waals surface area contributed by atoms with Crippen molar-refractivity contribution in [3.63, 3.8) is 0 Å². The quantitative estimate of drug-likeness (QED) is 0.246. The standard InChI is InChI=1S/C34H42O4/c1-34(27-15-9-4-10-16-27,28-17-25(21-35)32(37)30(19-28)23-11-5-2-6-12-23)29-18-26(22-36)33(38)31(20-29)24-13-7-3-8-14-24/h4,9-10,15-20,23-24,35-38H,2-3,5-8,11-14,21-22H2,1H3. The highest BCUT2D eigenvalue weighted by atomic mass is 16.3. The van der Waals surface area contributed by atoms with E-state index in [1.54, 1.807) is 0 Å². The summed E-state index contributed by atoms with van der Waals surface area (Å²) in [6.07, 6.45) is 11.3. The fraction of sp³-hybridized carbons (Fsp3) is 0.471. The van der Waals surface area contributed by atoms with Crippen molar-refractivity contribution in [3.05, 3.63) is 93.5 Å². The molecule has 4 N–H and O–H groups in total. The van der Waals surface area contributed by atoms with Crippen LogP contribution in [0.15, 0.2) is 54.6 Å². The van der Waals surface area contributed by atoms with Crippen molar-refractivity contribution in [2.24, 2.45) is 0 Å². The molecule has 202 valence electrons. The zero-order valence-electron chi connectivity index (χ0n) is 22.6. The molecule has 0 bridgehead atoms. The third-order valence-electron chi connectivity index (χ3n) is 9.37. The molecular formula is C34H42O4. The Kier molecular flexibility index (Phi) is 8.11. The Morgan fingerprint density at radius 2 is 1.03 bits per heavy atom. The number of rotatable bonds is 7. The van der Waals surface area contributed by atoms with Gasteiger partial charge in [0.15, 0.2) is 0 Å². The predicted molar refractivity (Wildman–Crippen MR) is 152 cm³/mol. The van der Waals surface area contributed by atoms with Crippen molar-refractivity contribution in [2.45, 2.75) is 102 Å². The Balaban J connectivity index is 1.74. The zero-order valence-corrected chi connectivity index (χ0v) is 22.6. The van der Waals surface area contributed by atoms with Crippen molar-refractivity contribution in [1.82, 2.24) is 0 Å². The van der Waals surface area contributed by atoms with Crippen molar-refractivity contribution in [2.75, 3.05) is 0 Å². The Labute approximate surface area is 227 Å². The molecule has 3 aromatic carbocycles. The maximum atomic E-state index is 11.2. The molecule has 2 saturated carbocycles. The van der Waals surface area contributed by atoms with E-state index < -0.39 is 5.41 Å². The van der Waals surface area contributed by atoms with Gasteiger partial charge in [-0.15, -0.1) is 0 Å². The second-order valence-corrected chi connectivity index (χ2v) is 11.6. The van der Waals surface area contributed by atoms with E-state index in [1.807, 2.05) is 30.3 Å². The summed E-state index contributed by atoms with van der Waals surface area (Å²) in [4.78, 5) is 0. The summed E-state index contributed by atoms with van der Waals surface area (Å²) in [5.41, 5.74) is 5.46. The molecule has 2 fully saturated rings. The van der Waals surface area contributed by atoms with Gasteiger partial charge in [0.1, 0.15) is 11.5 Å². The number of benzene rings is 3. The van der Waals surface area contributed by atoms with Crippen LogP contribution in [0.3, 0.4) is 0 Å². The summed E-state index contributed by atoms with van der Waals surface area (Å²) < 4.78 is 0. The lowest BCUT2D eigenvalue weighted by molar-refractivity contribution is 0.274. The summed E-state index contributed by atoms with van der Waals surface area (Å²) in [5.74, 6) is 1.01. The second kappa shape index (κ2) is 11.5. The van der Waals surface area contributed by atoms with Crippen molar-refractivity contribution in [3.8, 4) is 11.5 Å². The Morgan fingerprint density at radius 1 is 0.605 bits per heavy atom. The molecule has 38 heavy (non-hydrogen) atoms. The number of hydrogen-bond donors (Lipinski definition) is 4. The first kappa shape index (κ1) is 26.8. The van der Waals surface area contributed by atoms with Gasteiger partial charge >= 0.3 is 0 Å². The van der Waals surface area contributed by atoms with Gasteiger partial charge in [-0.05, 0) is 84.4 Å². The fourth-order valence-corrected chi connectivity index (χ4v) is 6.98. The fourth-order valence-electron chi connectivity index (χ4n) is 6.98. The summed E-state index contributed by atoms with van der Waals surface area (Å²) in [7, 11) is 0. The number of aliphatic hydroxyl groups excluding tert-OH is 2. The van der Waals surface area contributed by atoms with E-state index in [0.29, 0.717) is 11.1 Å². The number of aliphatic hydroxyl groups is 2. The van der Waals surface area contributed by atoms with Crippen LogP contribution < -0.4 is 0 Å². The lowest BCUT2D eigenvalue weighted by atomic mass is 9.68. The van der Waals surface area contributed by atoms with E-state index in [2.05, 4.69) is 31.2 Å². The first-order chi connectivity index (χ1) is 18.5. The smallest absolute Gasteiger partial charge is 0.124 e. The van der Waals surface area contributed by atoms with Crippen LogP contribution in [-0.2, 0) is 18.6 Å². The van der Waals surface area contributed by atoms with Crippen LogP contribution in [0.5, 0.6) is 11.5 Å². The first-order valence-electron chi connectivity index (χ1n) is 14.5. The van der Waals surface area contributed by atoms with Crippen molar-refractivity contribution >= 4 is 0 Å². The molecule has 0 radical (unpaired) electrons. The van der Waals surface area contributed by atoms with Crippen molar-refractivity contribution < 1.29 is 20.4 Å². The molecule has 4 nitrogen and oxygen atoms in total. The lowest BCUT2D eigenvalue weighted by Gasteiger charge is -2.35. The number of hydrogen-bond acceptors (Lipinski definition) is 4. The van der Waals surface area contributed by atoms with Crippen LogP contribution in [0.4, 0.5) is 0 Å². The summed E-state index contributed by atoms with van der Waals surface area (Å²) in [5, 5.41) is 42.9. The van der Waals surface area contributed by atoms with Crippen LogP contribution >= 0.6 is 0 Å². The SMILES string of the molecule is CC(c1ccccc1)(c1cc(CO)c(O)c(C2CCCCC2)c1)c1cc(CO)c(O)c(C2CCCCC2)c1. The van der Waals surface area contributed by atoms with Crippen LogP contribution in [0.1, 0.15) is 122 Å². The van der Waals surface area contributed by atoms with Gasteiger partial charge in [0.2, 0.25) is 0 Å². The van der Waals surface area contributed by atoms with Gasteiger partial charge in [0.25, 0.3) is 0 Å². The van der Waals surface area contributed by atoms with Gasteiger partial charge in [0.05, 0.1) is 13.2 Å². The molecule has 0 saturated heterocycles. The largest absolute Gasteiger partial charge is 0.507 e. The molecule has 0 unspecified atom stereocenters. The molecule has 3 aromatic rings. The van der Waals surface area contributed by atoms with E-state index in [1.165, 1.54) is 12.8 Å². The van der Waals surface area contributed by atoms with Crippen LogP contribution in [-0.4, -0.2) is 20.4 Å². The molecule has 2 aliphatic carbocycles. The minimum absolute atomic E-state index is 0.225. The van der Waals surface area contributed by atoms with Gasteiger partial charge < -0.3 is 20.4 Å². The average Bonchev–Trinajstić information content (AvgIpc) is 2.98. The van der Waals surface area contributed by atoms with Gasteiger partial charge in [-0.3, -0.25) is 0 Å². The predicted octanol–water partition coefficient (Wildman–Crippen LogP) is 7.53. The van der Waals surface area contributed by atoms with Crippen LogP contribution in [0.25, 0.3) is 0 Å². The molecule has 5 rings (SSSR count). The van der Waals surface area contributed by atoms with Gasteiger partial charge in [-0.1, -0.05) is 81.0 Å². The van der Waals surface area contributed by atoms with E-state index in [4.69, 9.17) is 0 Å². The van der Waals surface area contributed by atoms with Gasteiger partial charge in [-0.25, -0.2) is 0 Å². The van der Waals surface area contributed by atoms with Gasteiger partial charge in [0, 0.05) is 16.5 Å². The van der Waals surface area contributed by atoms with Crippen LogP contribution in [0, 0.1) is 0 Å². The molecule has 0 aromatic heterocycles. The zero-order chi connectivity index (χ0) is 26.7. The van der Waals surface area contributed by atoms with E-state index in [0.717, 1.165) is 79.2 Å². The monoisotopic (exact) mass is 514 g/mol. The highest BCUT2D eigenvalue weighted by Crippen LogP contribution is 2.48. The average molecular weight is 515 g/mol. The molecule has 0 spiro atoms. The second-order valence-electron chi connectivity index (χ2n) is 11.6. The lowest BCUT2D eigenvalue weighted by Crippen LogP contribution is -2.27.